The van der Waals surface area contributed by atoms with Gasteiger partial charge in [-0.2, -0.15) is 11.3 Å². The van der Waals surface area contributed by atoms with Crippen LogP contribution in [0.15, 0.2) is 16.8 Å². The van der Waals surface area contributed by atoms with Gasteiger partial charge in [0.15, 0.2) is 0 Å². The van der Waals surface area contributed by atoms with E-state index >= 15 is 0 Å². The van der Waals surface area contributed by atoms with Gasteiger partial charge < -0.3 is 5.32 Å². The van der Waals surface area contributed by atoms with E-state index in [9.17, 15) is 0 Å². The van der Waals surface area contributed by atoms with Crippen molar-refractivity contribution in [3.8, 4) is 0 Å². The largest absolute Gasteiger partial charge is 0.317 e. The molecule has 0 saturated heterocycles. The van der Waals surface area contributed by atoms with E-state index in [0.29, 0.717) is 0 Å². The molecule has 2 unspecified atom stereocenters. The SMILES string of the molecule is CCNCC1CCC1CCc1ccsc1. The van der Waals surface area contributed by atoms with Crippen LogP contribution in [0, 0.1) is 11.8 Å². The molecule has 0 bridgehead atoms. The molecule has 0 aliphatic heterocycles. The third-order valence-electron chi connectivity index (χ3n) is 3.62. The van der Waals surface area contributed by atoms with Crippen LogP contribution in [0.1, 0.15) is 31.7 Å². The summed E-state index contributed by atoms with van der Waals surface area (Å²) in [7, 11) is 0. The van der Waals surface area contributed by atoms with Crippen molar-refractivity contribution >= 4 is 11.3 Å². The minimum atomic E-state index is 0.962. The highest BCUT2D eigenvalue weighted by Crippen LogP contribution is 2.37. The zero-order chi connectivity index (χ0) is 10.5. The van der Waals surface area contributed by atoms with Crippen molar-refractivity contribution in [3.05, 3.63) is 22.4 Å². The van der Waals surface area contributed by atoms with Crippen molar-refractivity contribution in [1.82, 2.24) is 5.32 Å². The molecule has 2 atom stereocenters. The van der Waals surface area contributed by atoms with Crippen LogP contribution in [0.3, 0.4) is 0 Å². The molecule has 0 amide bonds. The Morgan fingerprint density at radius 1 is 1.40 bits per heavy atom. The number of hydrogen-bond donors (Lipinski definition) is 1. The van der Waals surface area contributed by atoms with Crippen molar-refractivity contribution in [2.75, 3.05) is 13.1 Å². The third kappa shape index (κ3) is 3.05. The number of thiophene rings is 1. The Balaban J connectivity index is 1.67. The molecule has 1 aliphatic carbocycles. The number of nitrogens with one attached hydrogen (secondary N) is 1. The van der Waals surface area contributed by atoms with Crippen molar-refractivity contribution in [1.29, 1.82) is 0 Å². The molecule has 1 aromatic rings. The first-order valence-electron chi connectivity index (χ1n) is 6.12. The summed E-state index contributed by atoms with van der Waals surface area (Å²) in [4.78, 5) is 0. The van der Waals surface area contributed by atoms with Gasteiger partial charge in [-0.25, -0.2) is 0 Å². The molecule has 2 rings (SSSR count). The maximum Gasteiger partial charge on any atom is -0.00180 e. The van der Waals surface area contributed by atoms with Gasteiger partial charge in [0, 0.05) is 0 Å². The first kappa shape index (κ1) is 11.2. The van der Waals surface area contributed by atoms with Gasteiger partial charge in [-0.15, -0.1) is 0 Å². The lowest BCUT2D eigenvalue weighted by atomic mass is 9.71. The summed E-state index contributed by atoms with van der Waals surface area (Å²) >= 11 is 1.82. The second-order valence-electron chi connectivity index (χ2n) is 4.58. The van der Waals surface area contributed by atoms with Gasteiger partial charge >= 0.3 is 0 Å². The molecule has 1 aliphatic rings. The van der Waals surface area contributed by atoms with Crippen molar-refractivity contribution in [3.63, 3.8) is 0 Å². The second-order valence-corrected chi connectivity index (χ2v) is 5.36. The smallest absolute Gasteiger partial charge is 0.00180 e. The molecule has 1 aromatic heterocycles. The van der Waals surface area contributed by atoms with E-state index in [0.717, 1.165) is 18.4 Å². The summed E-state index contributed by atoms with van der Waals surface area (Å²) < 4.78 is 0. The quantitative estimate of drug-likeness (QED) is 0.780. The van der Waals surface area contributed by atoms with Gasteiger partial charge in [0.05, 0.1) is 0 Å². The van der Waals surface area contributed by atoms with E-state index in [-0.39, 0.29) is 0 Å². The summed E-state index contributed by atoms with van der Waals surface area (Å²) in [6, 6.07) is 2.27. The molecule has 1 N–H and O–H groups in total. The minimum absolute atomic E-state index is 0.962. The Hall–Kier alpha value is -0.340. The fraction of sp³-hybridized carbons (Fsp3) is 0.692. The first-order chi connectivity index (χ1) is 7.40. The van der Waals surface area contributed by atoms with Gasteiger partial charge in [0.2, 0.25) is 0 Å². The average molecular weight is 223 g/mol. The summed E-state index contributed by atoms with van der Waals surface area (Å²) in [5, 5.41) is 7.95. The lowest BCUT2D eigenvalue weighted by molar-refractivity contribution is 0.161. The maximum absolute atomic E-state index is 3.48. The molecule has 1 fully saturated rings. The zero-order valence-electron chi connectivity index (χ0n) is 9.54. The van der Waals surface area contributed by atoms with Crippen LogP contribution in [-0.4, -0.2) is 13.1 Å². The highest BCUT2D eigenvalue weighted by Gasteiger charge is 2.29. The zero-order valence-corrected chi connectivity index (χ0v) is 10.4. The summed E-state index contributed by atoms with van der Waals surface area (Å²) in [5.74, 6) is 1.95. The van der Waals surface area contributed by atoms with E-state index in [1.807, 2.05) is 11.3 Å². The van der Waals surface area contributed by atoms with Crippen molar-refractivity contribution in [2.24, 2.45) is 11.8 Å². The van der Waals surface area contributed by atoms with Crippen LogP contribution < -0.4 is 5.32 Å². The molecule has 1 heterocycles. The van der Waals surface area contributed by atoms with Crippen LogP contribution in [-0.2, 0) is 6.42 Å². The minimum Gasteiger partial charge on any atom is -0.317 e. The lowest BCUT2D eigenvalue weighted by Gasteiger charge is -2.37. The molecule has 2 heteroatoms. The molecule has 0 radical (unpaired) electrons. The van der Waals surface area contributed by atoms with Gasteiger partial charge in [0.1, 0.15) is 0 Å². The number of hydrogen-bond acceptors (Lipinski definition) is 2. The molecule has 0 spiro atoms. The summed E-state index contributed by atoms with van der Waals surface area (Å²) in [5.41, 5.74) is 1.54. The third-order valence-corrected chi connectivity index (χ3v) is 4.35. The van der Waals surface area contributed by atoms with E-state index in [1.54, 1.807) is 0 Å². The molecular weight excluding hydrogens is 202 g/mol. The highest BCUT2D eigenvalue weighted by atomic mass is 32.1. The Labute approximate surface area is 96.9 Å². The fourth-order valence-electron chi connectivity index (χ4n) is 2.40. The Bertz CT molecular complexity index is 268. The first-order valence-corrected chi connectivity index (χ1v) is 7.06. The molecule has 84 valence electrons. The van der Waals surface area contributed by atoms with E-state index in [4.69, 9.17) is 0 Å². The van der Waals surface area contributed by atoms with Crippen LogP contribution in [0.2, 0.25) is 0 Å². The standard InChI is InChI=1S/C13H21NS/c1-2-14-9-13-6-5-12(13)4-3-11-7-8-15-10-11/h7-8,10,12-14H,2-6,9H2,1H3. The highest BCUT2D eigenvalue weighted by molar-refractivity contribution is 7.07. The Morgan fingerprint density at radius 3 is 2.87 bits per heavy atom. The van der Waals surface area contributed by atoms with Gasteiger partial charge in [0.25, 0.3) is 0 Å². The van der Waals surface area contributed by atoms with E-state index in [1.165, 1.54) is 37.8 Å². The molecule has 1 saturated carbocycles. The van der Waals surface area contributed by atoms with Crippen LogP contribution in [0.25, 0.3) is 0 Å². The Kier molecular flexibility index (Phi) is 4.21. The van der Waals surface area contributed by atoms with Gasteiger partial charge in [-0.05, 0) is 73.0 Å². The maximum atomic E-state index is 3.48. The normalized spacial score (nSPS) is 25.1. The predicted molar refractivity (Wildman–Crippen MR) is 67.4 cm³/mol. The molecule has 15 heavy (non-hydrogen) atoms. The topological polar surface area (TPSA) is 12.0 Å². The van der Waals surface area contributed by atoms with Crippen LogP contribution >= 0.6 is 11.3 Å². The molecule has 0 aromatic carbocycles. The lowest BCUT2D eigenvalue weighted by Crippen LogP contribution is -2.35. The van der Waals surface area contributed by atoms with E-state index in [2.05, 4.69) is 29.1 Å². The molecular formula is C13H21NS. The summed E-state index contributed by atoms with van der Waals surface area (Å²) in [6.07, 6.45) is 5.59. The fourth-order valence-corrected chi connectivity index (χ4v) is 3.11. The van der Waals surface area contributed by atoms with Crippen molar-refractivity contribution < 1.29 is 0 Å². The summed E-state index contributed by atoms with van der Waals surface area (Å²) in [6.45, 7) is 4.55. The molecule has 1 nitrogen and oxygen atoms in total. The Morgan fingerprint density at radius 2 is 2.27 bits per heavy atom. The van der Waals surface area contributed by atoms with E-state index < -0.39 is 0 Å². The van der Waals surface area contributed by atoms with Crippen LogP contribution in [0.5, 0.6) is 0 Å². The van der Waals surface area contributed by atoms with Gasteiger partial charge in [-0.3, -0.25) is 0 Å². The van der Waals surface area contributed by atoms with Gasteiger partial charge in [-0.1, -0.05) is 6.92 Å². The van der Waals surface area contributed by atoms with Crippen molar-refractivity contribution in [2.45, 2.75) is 32.6 Å². The number of aryl methyl sites for hydroxylation is 1. The number of rotatable bonds is 6. The predicted octanol–water partition coefficient (Wildman–Crippen LogP) is 3.32. The van der Waals surface area contributed by atoms with Crippen LogP contribution in [0.4, 0.5) is 0 Å². The monoisotopic (exact) mass is 223 g/mol. The average Bonchev–Trinajstić information content (AvgIpc) is 2.70. The second kappa shape index (κ2) is 5.66.